The van der Waals surface area contributed by atoms with Gasteiger partial charge in [0.1, 0.15) is 6.10 Å². The summed E-state index contributed by atoms with van der Waals surface area (Å²) in [6.45, 7) is 6.55. The Morgan fingerprint density at radius 1 is 1.41 bits per heavy atom. The molecule has 98 valence electrons. The highest BCUT2D eigenvalue weighted by atomic mass is 16.6. The van der Waals surface area contributed by atoms with Gasteiger partial charge < -0.3 is 4.74 Å². The molecule has 2 nitrogen and oxygen atoms in total. The number of esters is 1. The SMILES string of the molecule is CCCCC[C@@H]1CC[C@@]2(C)C(C1)C(=O)O[C@@H]2C. The normalized spacial score (nSPS) is 41.1. The van der Waals surface area contributed by atoms with Crippen LogP contribution in [0.2, 0.25) is 0 Å². The molecule has 4 atom stereocenters. The molecular formula is C15H26O2. The lowest BCUT2D eigenvalue weighted by Crippen LogP contribution is -2.37. The maximum atomic E-state index is 11.9. The zero-order valence-corrected chi connectivity index (χ0v) is 11.5. The Hall–Kier alpha value is -0.530. The highest BCUT2D eigenvalue weighted by molar-refractivity contribution is 5.76. The maximum Gasteiger partial charge on any atom is 0.309 e. The molecule has 0 spiro atoms. The fourth-order valence-electron chi connectivity index (χ4n) is 3.60. The van der Waals surface area contributed by atoms with Gasteiger partial charge in [0.2, 0.25) is 0 Å². The lowest BCUT2D eigenvalue weighted by atomic mass is 9.63. The van der Waals surface area contributed by atoms with Crippen molar-refractivity contribution in [3.05, 3.63) is 0 Å². The largest absolute Gasteiger partial charge is 0.462 e. The summed E-state index contributed by atoms with van der Waals surface area (Å²) in [5, 5.41) is 0. The second-order valence-corrected chi connectivity index (χ2v) is 6.27. The van der Waals surface area contributed by atoms with Crippen LogP contribution in [0.4, 0.5) is 0 Å². The lowest BCUT2D eigenvalue weighted by Gasteiger charge is -2.39. The van der Waals surface area contributed by atoms with Crippen LogP contribution in [-0.4, -0.2) is 12.1 Å². The minimum absolute atomic E-state index is 0.0696. The first kappa shape index (κ1) is 12.9. The lowest BCUT2D eigenvalue weighted by molar-refractivity contribution is -0.144. The number of rotatable bonds is 4. The number of cyclic esters (lactones) is 1. The van der Waals surface area contributed by atoms with Crippen LogP contribution in [0.25, 0.3) is 0 Å². The average molecular weight is 238 g/mol. The van der Waals surface area contributed by atoms with Gasteiger partial charge in [-0.15, -0.1) is 0 Å². The minimum atomic E-state index is 0.0696. The third-order valence-corrected chi connectivity index (χ3v) is 5.18. The van der Waals surface area contributed by atoms with Gasteiger partial charge in [-0.1, -0.05) is 39.5 Å². The second-order valence-electron chi connectivity index (χ2n) is 6.27. The van der Waals surface area contributed by atoms with E-state index in [1.807, 2.05) is 0 Å². The predicted octanol–water partition coefficient (Wildman–Crippen LogP) is 3.93. The molecule has 0 amide bonds. The van der Waals surface area contributed by atoms with Crippen molar-refractivity contribution in [1.82, 2.24) is 0 Å². The molecule has 1 unspecified atom stereocenters. The molecule has 0 N–H and O–H groups in total. The third kappa shape index (κ3) is 2.36. The molecule has 0 aromatic rings. The first-order valence-corrected chi connectivity index (χ1v) is 7.28. The van der Waals surface area contributed by atoms with Crippen LogP contribution in [0.3, 0.4) is 0 Å². The van der Waals surface area contributed by atoms with E-state index in [0.717, 1.165) is 12.3 Å². The van der Waals surface area contributed by atoms with E-state index >= 15 is 0 Å². The molecular weight excluding hydrogens is 212 g/mol. The highest BCUT2D eigenvalue weighted by Gasteiger charge is 2.54. The van der Waals surface area contributed by atoms with Gasteiger partial charge >= 0.3 is 5.97 Å². The smallest absolute Gasteiger partial charge is 0.309 e. The minimum Gasteiger partial charge on any atom is -0.462 e. The van der Waals surface area contributed by atoms with Crippen molar-refractivity contribution < 1.29 is 9.53 Å². The summed E-state index contributed by atoms with van der Waals surface area (Å²) >= 11 is 0. The van der Waals surface area contributed by atoms with Crippen LogP contribution < -0.4 is 0 Å². The molecule has 1 saturated heterocycles. The number of ether oxygens (including phenoxy) is 1. The first-order valence-electron chi connectivity index (χ1n) is 7.28. The summed E-state index contributed by atoms with van der Waals surface area (Å²) in [6, 6.07) is 0. The van der Waals surface area contributed by atoms with E-state index in [1.165, 1.54) is 38.5 Å². The summed E-state index contributed by atoms with van der Waals surface area (Å²) in [5.74, 6) is 1.01. The van der Waals surface area contributed by atoms with E-state index < -0.39 is 0 Å². The van der Waals surface area contributed by atoms with Gasteiger partial charge in [-0.3, -0.25) is 4.79 Å². The molecule has 17 heavy (non-hydrogen) atoms. The van der Waals surface area contributed by atoms with Crippen LogP contribution in [0.5, 0.6) is 0 Å². The van der Waals surface area contributed by atoms with Gasteiger partial charge in [0, 0.05) is 5.41 Å². The summed E-state index contributed by atoms with van der Waals surface area (Å²) in [7, 11) is 0. The molecule has 1 aliphatic carbocycles. The summed E-state index contributed by atoms with van der Waals surface area (Å²) < 4.78 is 5.45. The van der Waals surface area contributed by atoms with Crippen LogP contribution in [-0.2, 0) is 9.53 Å². The molecule has 1 heterocycles. The van der Waals surface area contributed by atoms with Crippen molar-refractivity contribution in [3.8, 4) is 0 Å². The number of unbranched alkanes of at least 4 members (excludes halogenated alkanes) is 2. The average Bonchev–Trinajstić information content (AvgIpc) is 2.52. The standard InChI is InChI=1S/C15H26O2/c1-4-5-6-7-12-8-9-15(3)11(2)17-14(16)13(15)10-12/h11-13H,4-10H2,1-3H3/t11-,12-,13?,15-/m1/s1. The molecule has 0 bridgehead atoms. The second kappa shape index (κ2) is 4.99. The van der Waals surface area contributed by atoms with E-state index in [0.29, 0.717) is 0 Å². The van der Waals surface area contributed by atoms with Crippen molar-refractivity contribution in [2.45, 2.75) is 71.8 Å². The molecule has 0 aromatic carbocycles. The summed E-state index contributed by atoms with van der Waals surface area (Å²) in [6.07, 6.45) is 8.91. The fourth-order valence-corrected chi connectivity index (χ4v) is 3.60. The number of hydrogen-bond donors (Lipinski definition) is 0. The summed E-state index contributed by atoms with van der Waals surface area (Å²) in [5.41, 5.74) is 0.123. The van der Waals surface area contributed by atoms with Crippen molar-refractivity contribution >= 4 is 5.97 Å². The van der Waals surface area contributed by atoms with E-state index in [4.69, 9.17) is 4.74 Å². The van der Waals surface area contributed by atoms with Crippen LogP contribution in [0.1, 0.15) is 65.7 Å². The van der Waals surface area contributed by atoms with E-state index in [9.17, 15) is 4.79 Å². The first-order chi connectivity index (χ1) is 8.08. The Kier molecular flexibility index (Phi) is 3.79. The fraction of sp³-hybridized carbons (Fsp3) is 0.933. The van der Waals surface area contributed by atoms with Gasteiger partial charge in [-0.25, -0.2) is 0 Å². The molecule has 2 aliphatic rings. The monoisotopic (exact) mass is 238 g/mol. The number of hydrogen-bond acceptors (Lipinski definition) is 2. The van der Waals surface area contributed by atoms with Crippen LogP contribution in [0.15, 0.2) is 0 Å². The maximum absolute atomic E-state index is 11.9. The Bertz CT molecular complexity index is 287. The molecule has 2 heteroatoms. The van der Waals surface area contributed by atoms with Gasteiger partial charge in [0.05, 0.1) is 5.92 Å². The van der Waals surface area contributed by atoms with E-state index in [1.54, 1.807) is 0 Å². The van der Waals surface area contributed by atoms with Crippen LogP contribution >= 0.6 is 0 Å². The van der Waals surface area contributed by atoms with Crippen molar-refractivity contribution in [3.63, 3.8) is 0 Å². The third-order valence-electron chi connectivity index (χ3n) is 5.18. The highest BCUT2D eigenvalue weighted by Crippen LogP contribution is 2.52. The van der Waals surface area contributed by atoms with Crippen molar-refractivity contribution in [2.75, 3.05) is 0 Å². The zero-order chi connectivity index (χ0) is 12.5. The zero-order valence-electron chi connectivity index (χ0n) is 11.5. The topological polar surface area (TPSA) is 26.3 Å². The predicted molar refractivity (Wildman–Crippen MR) is 68.6 cm³/mol. The van der Waals surface area contributed by atoms with Gasteiger partial charge in [0.25, 0.3) is 0 Å². The van der Waals surface area contributed by atoms with Crippen molar-refractivity contribution in [1.29, 1.82) is 0 Å². The molecule has 1 saturated carbocycles. The number of carbonyl (C=O) groups excluding carboxylic acids is 1. The van der Waals surface area contributed by atoms with E-state index in [2.05, 4.69) is 20.8 Å². The van der Waals surface area contributed by atoms with Gasteiger partial charge in [-0.2, -0.15) is 0 Å². The molecule has 0 radical (unpaired) electrons. The number of carbonyl (C=O) groups is 1. The Balaban J connectivity index is 1.92. The number of fused-ring (bicyclic) bond motifs is 1. The Labute approximate surface area is 105 Å². The Morgan fingerprint density at radius 3 is 2.88 bits per heavy atom. The van der Waals surface area contributed by atoms with Crippen molar-refractivity contribution in [2.24, 2.45) is 17.3 Å². The van der Waals surface area contributed by atoms with Gasteiger partial charge in [0.15, 0.2) is 0 Å². The molecule has 2 rings (SSSR count). The molecule has 1 aliphatic heterocycles. The van der Waals surface area contributed by atoms with Crippen LogP contribution in [0, 0.1) is 17.3 Å². The molecule has 2 fully saturated rings. The quantitative estimate of drug-likeness (QED) is 0.548. The Morgan fingerprint density at radius 2 is 2.18 bits per heavy atom. The molecule has 0 aromatic heterocycles. The summed E-state index contributed by atoms with van der Waals surface area (Å²) in [4.78, 5) is 11.9. The van der Waals surface area contributed by atoms with Gasteiger partial charge in [-0.05, 0) is 32.1 Å². The van der Waals surface area contributed by atoms with E-state index in [-0.39, 0.29) is 23.4 Å².